The van der Waals surface area contributed by atoms with Crippen molar-refractivity contribution in [2.45, 2.75) is 93.7 Å². The summed E-state index contributed by atoms with van der Waals surface area (Å²) in [5.41, 5.74) is -1.07. The van der Waals surface area contributed by atoms with E-state index in [0.717, 1.165) is 43.5 Å². The van der Waals surface area contributed by atoms with Gasteiger partial charge in [-0.25, -0.2) is 4.79 Å². The summed E-state index contributed by atoms with van der Waals surface area (Å²) >= 11 is 0. The molecule has 42 heavy (non-hydrogen) atoms. The van der Waals surface area contributed by atoms with Gasteiger partial charge in [-0.05, 0) is 88.3 Å². The molecule has 1 aliphatic carbocycles. The first-order chi connectivity index (χ1) is 19.8. The lowest BCUT2D eigenvalue weighted by Gasteiger charge is -2.44. The van der Waals surface area contributed by atoms with Crippen molar-refractivity contribution in [3.05, 3.63) is 35.1 Å². The van der Waals surface area contributed by atoms with Crippen LogP contribution in [0.25, 0.3) is 0 Å². The Kier molecular flexibility index (Phi) is 7.15. The number of hydrogen-bond donors (Lipinski definition) is 0. The molecule has 230 valence electrons. The van der Waals surface area contributed by atoms with Crippen LogP contribution in [-0.4, -0.2) is 79.5 Å². The van der Waals surface area contributed by atoms with E-state index in [0.29, 0.717) is 30.1 Å². The molecule has 1 aromatic carbocycles. The maximum absolute atomic E-state index is 14.2. The van der Waals surface area contributed by atoms with E-state index < -0.39 is 54.0 Å². The largest absolute Gasteiger partial charge is 0.497 e. The predicted molar refractivity (Wildman–Crippen MR) is 141 cm³/mol. The van der Waals surface area contributed by atoms with Crippen LogP contribution in [0.1, 0.15) is 69.4 Å². The molecule has 6 rings (SSSR count). The second-order valence-corrected chi connectivity index (χ2v) is 12.5. The average Bonchev–Trinajstić information content (AvgIpc) is 3.60. The molecular weight excluding hydrogens is 559 g/mol. The van der Waals surface area contributed by atoms with Crippen LogP contribution in [0, 0.1) is 0 Å². The number of benzene rings is 1. The van der Waals surface area contributed by atoms with Crippen molar-refractivity contribution in [3.8, 4) is 11.5 Å². The molecule has 0 amide bonds. The van der Waals surface area contributed by atoms with Gasteiger partial charge in [0.15, 0.2) is 29.8 Å². The molecule has 0 N–H and O–H groups in total. The van der Waals surface area contributed by atoms with Gasteiger partial charge in [-0.1, -0.05) is 0 Å². The molecule has 3 unspecified atom stereocenters. The van der Waals surface area contributed by atoms with E-state index in [-0.39, 0.29) is 19.1 Å². The molecule has 0 aromatic heterocycles. The van der Waals surface area contributed by atoms with Crippen LogP contribution in [0.3, 0.4) is 0 Å². The number of hydrogen-bond acceptors (Lipinski definition) is 9. The highest BCUT2D eigenvalue weighted by Gasteiger charge is 2.60. The summed E-state index contributed by atoms with van der Waals surface area (Å²) in [6, 6.07) is 3.95. The number of ether oxygens (including phenoxy) is 6. The number of alkyl halides is 3. The molecular formula is C30H36F3NO8. The van der Waals surface area contributed by atoms with E-state index in [1.165, 1.54) is 7.11 Å². The van der Waals surface area contributed by atoms with Gasteiger partial charge in [0.25, 0.3) is 0 Å². The summed E-state index contributed by atoms with van der Waals surface area (Å²) in [5, 5.41) is 0. The normalized spacial score (nSPS) is 31.3. The van der Waals surface area contributed by atoms with Gasteiger partial charge in [0.1, 0.15) is 5.76 Å². The molecule has 1 spiro atoms. The number of nitrogens with zero attached hydrogens (tertiary/aromatic N) is 1. The zero-order valence-electron chi connectivity index (χ0n) is 24.0. The fourth-order valence-corrected chi connectivity index (χ4v) is 7.53. The fraction of sp³-hybridized carbons (Fsp3) is 0.667. The Bertz CT molecular complexity index is 1300. The molecule has 2 saturated heterocycles. The molecule has 4 heterocycles. The summed E-state index contributed by atoms with van der Waals surface area (Å²) in [4.78, 5) is 29.2. The lowest BCUT2D eigenvalue weighted by molar-refractivity contribution is -0.220. The summed E-state index contributed by atoms with van der Waals surface area (Å²) in [6.45, 7) is 3.61. The summed E-state index contributed by atoms with van der Waals surface area (Å²) in [7, 11) is 1.53. The standard InChI is InChI=1S/C30H36F3NO8/c1-27(2)7-4-9-29(42-27,15-23(35)38-16-30(31,32)33)26(36)41-25-22(37-3)14-28-8-5-10-34(28)11-6-18-12-20-21(40-17-39-20)13-19(18)24(25)28/h12-14,24-25H,4-11,15-17H2,1-3H3/t24?,25?,28?,29-/m0/s1. The molecule has 4 atom stereocenters. The quantitative estimate of drug-likeness (QED) is 0.439. The molecule has 4 aliphatic heterocycles. The van der Waals surface area contributed by atoms with Crippen LogP contribution >= 0.6 is 0 Å². The third-order valence-corrected chi connectivity index (χ3v) is 9.23. The van der Waals surface area contributed by atoms with Crippen LogP contribution in [0.15, 0.2) is 24.0 Å². The van der Waals surface area contributed by atoms with Gasteiger partial charge in [0.05, 0.1) is 30.6 Å². The van der Waals surface area contributed by atoms with Gasteiger partial charge in [0.2, 0.25) is 6.79 Å². The number of esters is 2. The molecule has 0 bridgehead atoms. The van der Waals surface area contributed by atoms with Crippen LogP contribution in [0.5, 0.6) is 11.5 Å². The van der Waals surface area contributed by atoms with E-state index in [1.807, 2.05) is 12.1 Å². The topological polar surface area (TPSA) is 92.8 Å². The Morgan fingerprint density at radius 1 is 1.07 bits per heavy atom. The van der Waals surface area contributed by atoms with Crippen LogP contribution in [-0.2, 0) is 35.0 Å². The monoisotopic (exact) mass is 595 g/mol. The first kappa shape index (κ1) is 29.1. The molecule has 1 aromatic rings. The van der Waals surface area contributed by atoms with E-state index in [4.69, 9.17) is 23.7 Å². The van der Waals surface area contributed by atoms with Crippen LogP contribution in [0.4, 0.5) is 13.2 Å². The van der Waals surface area contributed by atoms with Crippen molar-refractivity contribution in [2.24, 2.45) is 0 Å². The Balaban J connectivity index is 1.36. The highest BCUT2D eigenvalue weighted by molar-refractivity contribution is 5.86. The Hall–Kier alpha value is -2.99. The minimum Gasteiger partial charge on any atom is -0.497 e. The molecule has 0 radical (unpaired) electrons. The third kappa shape index (κ3) is 5.10. The summed E-state index contributed by atoms with van der Waals surface area (Å²) in [5.74, 6) is -0.576. The smallest absolute Gasteiger partial charge is 0.422 e. The highest BCUT2D eigenvalue weighted by atomic mass is 19.4. The Morgan fingerprint density at radius 2 is 1.83 bits per heavy atom. The van der Waals surface area contributed by atoms with Gasteiger partial charge in [0, 0.05) is 6.54 Å². The highest BCUT2D eigenvalue weighted by Crippen LogP contribution is 2.56. The van der Waals surface area contributed by atoms with E-state index in [2.05, 4.69) is 15.7 Å². The van der Waals surface area contributed by atoms with E-state index in [9.17, 15) is 22.8 Å². The number of carbonyl (C=O) groups excluding carboxylic acids is 2. The fourth-order valence-electron chi connectivity index (χ4n) is 7.53. The van der Waals surface area contributed by atoms with Crippen molar-refractivity contribution >= 4 is 11.9 Å². The third-order valence-electron chi connectivity index (χ3n) is 9.23. The van der Waals surface area contributed by atoms with Crippen molar-refractivity contribution in [1.29, 1.82) is 0 Å². The lowest BCUT2D eigenvalue weighted by Crippen LogP contribution is -2.54. The second kappa shape index (κ2) is 10.3. The Labute approximate surface area is 242 Å². The van der Waals surface area contributed by atoms with Gasteiger partial charge >= 0.3 is 18.1 Å². The number of methoxy groups -OCH3 is 1. The second-order valence-electron chi connectivity index (χ2n) is 12.5. The maximum atomic E-state index is 14.2. The first-order valence-electron chi connectivity index (χ1n) is 14.4. The van der Waals surface area contributed by atoms with Crippen LogP contribution < -0.4 is 9.47 Å². The zero-order valence-corrected chi connectivity index (χ0v) is 24.0. The summed E-state index contributed by atoms with van der Waals surface area (Å²) < 4.78 is 72.6. The minimum atomic E-state index is -4.69. The number of fused-ring (bicyclic) bond motifs is 3. The molecule has 0 saturated carbocycles. The van der Waals surface area contributed by atoms with Crippen molar-refractivity contribution < 1.29 is 51.2 Å². The maximum Gasteiger partial charge on any atom is 0.422 e. The van der Waals surface area contributed by atoms with Crippen molar-refractivity contribution in [3.63, 3.8) is 0 Å². The van der Waals surface area contributed by atoms with Gasteiger partial charge in [-0.15, -0.1) is 0 Å². The predicted octanol–water partition coefficient (Wildman–Crippen LogP) is 4.56. The zero-order chi connectivity index (χ0) is 29.9. The van der Waals surface area contributed by atoms with Gasteiger partial charge in [-0.2, -0.15) is 13.2 Å². The average molecular weight is 596 g/mol. The SMILES string of the molecule is COC1=CC23CCCN2CCc2cc4c(cc2C3C1OC(=O)[C@@]1(CC(=O)OCC(F)(F)F)CCCC(C)(C)O1)OCO4. The van der Waals surface area contributed by atoms with Crippen molar-refractivity contribution in [2.75, 3.05) is 33.6 Å². The van der Waals surface area contributed by atoms with E-state index >= 15 is 0 Å². The lowest BCUT2D eigenvalue weighted by atomic mass is 9.77. The van der Waals surface area contributed by atoms with Gasteiger partial charge < -0.3 is 28.4 Å². The van der Waals surface area contributed by atoms with Gasteiger partial charge in [-0.3, -0.25) is 9.69 Å². The number of rotatable bonds is 6. The number of halogens is 3. The molecule has 9 nitrogen and oxygen atoms in total. The molecule has 5 aliphatic rings. The first-order valence-corrected chi connectivity index (χ1v) is 14.4. The van der Waals surface area contributed by atoms with Crippen molar-refractivity contribution in [1.82, 2.24) is 4.90 Å². The summed E-state index contributed by atoms with van der Waals surface area (Å²) in [6.07, 6.45) is -0.424. The van der Waals surface area contributed by atoms with Crippen LogP contribution in [0.2, 0.25) is 0 Å². The Morgan fingerprint density at radius 3 is 2.55 bits per heavy atom. The van der Waals surface area contributed by atoms with E-state index in [1.54, 1.807) is 13.8 Å². The number of carbonyl (C=O) groups is 2. The molecule has 12 heteroatoms. The molecule has 2 fully saturated rings. The minimum absolute atomic E-state index is 0.104.